The van der Waals surface area contributed by atoms with Crippen molar-refractivity contribution in [2.75, 3.05) is 41.5 Å². The van der Waals surface area contributed by atoms with Crippen molar-refractivity contribution < 1.29 is 43.5 Å². The fraction of sp³-hybridized carbons (Fsp3) is 0.377. The molecule has 7 aromatic heterocycles. The van der Waals surface area contributed by atoms with Gasteiger partial charge in [0.15, 0.2) is 27.6 Å². The van der Waals surface area contributed by atoms with E-state index in [1.165, 1.54) is 42.6 Å². The summed E-state index contributed by atoms with van der Waals surface area (Å²) in [6.45, 7) is 17.7. The van der Waals surface area contributed by atoms with Gasteiger partial charge in [-0.25, -0.2) is 33.3 Å². The monoisotopic (exact) mass is 1460 g/mol. The van der Waals surface area contributed by atoms with Gasteiger partial charge in [-0.2, -0.15) is 0 Å². The molecule has 0 bridgehead atoms. The van der Waals surface area contributed by atoms with E-state index >= 15 is 0 Å². The van der Waals surface area contributed by atoms with Crippen LogP contribution in [0.15, 0.2) is 146 Å². The number of phenolic OH excluding ortho intramolecular Hbond substituents is 1. The zero-order valence-electron chi connectivity index (χ0n) is 59.2. The first-order valence-electron chi connectivity index (χ1n) is 35.3. The van der Waals surface area contributed by atoms with Crippen LogP contribution in [0.2, 0.25) is 10.0 Å². The van der Waals surface area contributed by atoms with Crippen molar-refractivity contribution in [3.63, 3.8) is 0 Å². The SMILES string of the molecule is CC1(C)CC[C@@H]2c3cc(OCCn4nc5ccccn5c4=O)c(C4CC4)cc3-c3cc(=O)c(C(=O)O)cn3N21.CCOC(=O)c1cn2c(cc1=O)-c1cc(Cl)c(O)cc1[C@H]1CCC(C)(C)N12.CCOC(=O)c1cn2c(cc1=O)-c1cc(Cl)c(OCCn3nc4ccccn4c3=O)cc1[C@H]1CCC(C)(C)N12. The number of rotatable bonds is 14. The molecule has 105 heavy (non-hydrogen) atoms. The van der Waals surface area contributed by atoms with E-state index < -0.39 is 34.2 Å². The molecule has 0 spiro atoms. The number of aromatic carboxylic acids is 1. The summed E-state index contributed by atoms with van der Waals surface area (Å²) >= 11 is 12.8. The maximum absolute atomic E-state index is 13.0. The van der Waals surface area contributed by atoms with Gasteiger partial charge in [-0.1, -0.05) is 35.3 Å². The van der Waals surface area contributed by atoms with E-state index in [4.69, 9.17) is 42.1 Å². The number of ether oxygens (including phenoxy) is 4. The molecule has 26 nitrogen and oxygen atoms in total. The van der Waals surface area contributed by atoms with Crippen LogP contribution in [0.25, 0.3) is 45.1 Å². The van der Waals surface area contributed by atoms with E-state index in [2.05, 4.69) is 78.9 Å². The number of carbonyl (C=O) groups excluding carboxylic acids is 2. The number of aromatic nitrogens is 9. The quantitative estimate of drug-likeness (QED) is 0.0957. The fourth-order valence-corrected chi connectivity index (χ4v) is 16.5. The Kier molecular flexibility index (Phi) is 17.5. The first-order chi connectivity index (χ1) is 50.2. The van der Waals surface area contributed by atoms with Crippen molar-refractivity contribution in [2.45, 2.75) is 161 Å². The Morgan fingerprint density at radius 3 is 1.33 bits per heavy atom. The lowest BCUT2D eigenvalue weighted by molar-refractivity contribution is 0.0514. The molecule has 3 saturated heterocycles. The third-order valence-corrected chi connectivity index (χ3v) is 21.9. The van der Waals surface area contributed by atoms with E-state index in [0.29, 0.717) is 58.2 Å². The van der Waals surface area contributed by atoms with Crippen LogP contribution in [0.1, 0.15) is 184 Å². The van der Waals surface area contributed by atoms with Gasteiger partial charge in [0.25, 0.3) is 0 Å². The Hall–Kier alpha value is -10.9. The first-order valence-corrected chi connectivity index (χ1v) is 36.1. The molecule has 2 N–H and O–H groups in total. The minimum atomic E-state index is -1.22. The summed E-state index contributed by atoms with van der Waals surface area (Å²) in [7, 11) is 0. The molecule has 10 aromatic rings. The van der Waals surface area contributed by atoms with Gasteiger partial charge >= 0.3 is 29.3 Å². The molecule has 1 aliphatic carbocycles. The van der Waals surface area contributed by atoms with Crippen LogP contribution in [-0.4, -0.2) is 114 Å². The molecule has 4 fully saturated rings. The Labute approximate surface area is 610 Å². The predicted octanol–water partition coefficient (Wildman–Crippen LogP) is 11.0. The molecule has 1 saturated carbocycles. The lowest BCUT2D eigenvalue weighted by Gasteiger charge is -2.44. The maximum atomic E-state index is 13.0. The summed E-state index contributed by atoms with van der Waals surface area (Å²) in [5.41, 5.74) is 7.21. The van der Waals surface area contributed by atoms with E-state index in [9.17, 15) is 48.6 Å². The number of esters is 2. The number of hydrogen-bond donors (Lipinski definition) is 2. The van der Waals surface area contributed by atoms with Crippen molar-refractivity contribution in [2.24, 2.45) is 0 Å². The molecule has 17 rings (SSSR count). The van der Waals surface area contributed by atoms with Gasteiger partial charge in [0, 0.05) is 65.9 Å². The van der Waals surface area contributed by atoms with Gasteiger partial charge in [0.2, 0.25) is 0 Å². The second-order valence-corrected chi connectivity index (χ2v) is 30.1. The predicted molar refractivity (Wildman–Crippen MR) is 394 cm³/mol. The van der Waals surface area contributed by atoms with Crippen LogP contribution in [0, 0.1) is 0 Å². The van der Waals surface area contributed by atoms with Crippen LogP contribution in [0.4, 0.5) is 0 Å². The molecule has 6 aliphatic heterocycles. The van der Waals surface area contributed by atoms with Crippen molar-refractivity contribution in [1.29, 1.82) is 0 Å². The second-order valence-electron chi connectivity index (χ2n) is 29.3. The Morgan fingerprint density at radius 1 is 0.505 bits per heavy atom. The highest BCUT2D eigenvalue weighted by molar-refractivity contribution is 6.32. The first kappa shape index (κ1) is 69.8. The number of nitrogens with zero attached hydrogens (tertiary/aromatic N) is 12. The number of carboxylic acids is 1. The zero-order valence-corrected chi connectivity index (χ0v) is 60.7. The molecule has 0 radical (unpaired) electrons. The number of phenols is 1. The number of benzene rings is 3. The average Bonchev–Trinajstić information content (AvgIpc) is 1.69. The molecule has 544 valence electrons. The maximum Gasteiger partial charge on any atom is 0.350 e. The fourth-order valence-electron chi connectivity index (χ4n) is 16.1. The Morgan fingerprint density at radius 2 is 0.905 bits per heavy atom. The van der Waals surface area contributed by atoms with Gasteiger partial charge < -0.3 is 29.2 Å². The third-order valence-electron chi connectivity index (χ3n) is 21.3. The Bertz CT molecular complexity index is 5580. The average molecular weight is 1470 g/mol. The molecule has 7 aliphatic rings. The number of fused-ring (bicyclic) bond motifs is 20. The lowest BCUT2D eigenvalue weighted by atomic mass is 9.91. The minimum Gasteiger partial charge on any atom is -0.506 e. The van der Waals surface area contributed by atoms with E-state index in [1.807, 2.05) is 32.2 Å². The molecule has 13 heterocycles. The topological polar surface area (TPSA) is 283 Å². The summed E-state index contributed by atoms with van der Waals surface area (Å²) in [6, 6.07) is 26.6. The molecule has 0 unspecified atom stereocenters. The highest BCUT2D eigenvalue weighted by Crippen LogP contribution is 2.55. The molecule has 0 amide bonds. The molecular weight excluding hydrogens is 1390 g/mol. The number of pyridine rings is 5. The number of carboxylic acid groups (broad SMARTS) is 1. The van der Waals surface area contributed by atoms with Gasteiger partial charge in [-0.15, -0.1) is 10.2 Å². The highest BCUT2D eigenvalue weighted by atomic mass is 35.5. The standard InChI is InChI=1S/C29H29N5O5.C28H28ClN5O5.C20H21ClN2O4/c1-29(2)9-8-22-20-14-25(39-12-11-32-28(38)31-10-4-3-5-26(31)30-32)18(17-6-7-17)13-19(20)23-15-24(35)21(27(36)37)16-33(23)34(22)29;1-4-38-26(36)19-16-33-22(15-23(19)35)17-13-20(29)24(14-18(17)21-8-9-28(2,3)34(21)33)39-12-11-32-27(37)31-10-6-5-7-25(31)30-32;1-4-27-19(26)13-10-22-16(9-17(13)24)11-7-14(21)18(25)8-12(11)15-5-6-20(2,3)23(15)22/h3-5,10,13-17,22H,6-9,11-12H2,1-2H3,(H,36,37);5-7,10,13-16,21H,4,8-9,11-12H2,1-3H3;7-10,15,25H,4-6H2,1-3H3/t22-;21-;15-/m111/s1. The largest absolute Gasteiger partial charge is 0.506 e. The molecule has 3 atom stereocenters. The van der Waals surface area contributed by atoms with Crippen LogP contribution in [0.3, 0.4) is 0 Å². The van der Waals surface area contributed by atoms with Crippen LogP contribution >= 0.6 is 23.2 Å². The lowest BCUT2D eigenvalue weighted by Crippen LogP contribution is -2.50. The normalized spacial score (nSPS) is 18.3. The van der Waals surface area contributed by atoms with Crippen LogP contribution in [0.5, 0.6) is 17.2 Å². The summed E-state index contributed by atoms with van der Waals surface area (Å²) in [6.07, 6.45) is 15.6. The number of hydrogen-bond acceptors (Lipinski definition) is 18. The van der Waals surface area contributed by atoms with Crippen molar-refractivity contribution in [3.8, 4) is 51.0 Å². The summed E-state index contributed by atoms with van der Waals surface area (Å²) in [4.78, 5) is 100. The van der Waals surface area contributed by atoms with Crippen molar-refractivity contribution in [1.82, 2.24) is 42.4 Å². The summed E-state index contributed by atoms with van der Waals surface area (Å²) < 4.78 is 34.0. The van der Waals surface area contributed by atoms with E-state index in [-0.39, 0.29) is 99.9 Å². The summed E-state index contributed by atoms with van der Waals surface area (Å²) in [5, 5.41) is 35.7. The van der Waals surface area contributed by atoms with Gasteiger partial charge in [-0.3, -0.25) is 52.2 Å². The number of halogens is 2. The minimum absolute atomic E-state index is 0.00117. The van der Waals surface area contributed by atoms with Crippen molar-refractivity contribution in [3.05, 3.63) is 223 Å². The highest BCUT2D eigenvalue weighted by Gasteiger charge is 2.49. The van der Waals surface area contributed by atoms with Gasteiger partial charge in [-0.05, 0) is 196 Å². The molecule has 28 heteroatoms. The van der Waals surface area contributed by atoms with Gasteiger partial charge in [0.05, 0.1) is 88.2 Å². The van der Waals surface area contributed by atoms with Crippen LogP contribution in [-0.2, 0) is 22.6 Å². The second kappa shape index (κ2) is 26.4. The zero-order chi connectivity index (χ0) is 74.0. The third kappa shape index (κ3) is 12.2. The molecular formula is C77H78Cl2N12O14. The van der Waals surface area contributed by atoms with Crippen LogP contribution < -0.4 is 52.2 Å². The Balaban J connectivity index is 0.000000129. The van der Waals surface area contributed by atoms with E-state index in [0.717, 1.165) is 96.1 Å². The smallest absolute Gasteiger partial charge is 0.350 e. The van der Waals surface area contributed by atoms with E-state index in [1.54, 1.807) is 81.1 Å². The van der Waals surface area contributed by atoms with Gasteiger partial charge in [0.1, 0.15) is 47.2 Å². The number of aromatic hydroxyl groups is 1. The number of carbonyl (C=O) groups is 3. The van der Waals surface area contributed by atoms with Crippen molar-refractivity contribution >= 4 is 52.4 Å². The molecule has 3 aromatic carbocycles. The summed E-state index contributed by atoms with van der Waals surface area (Å²) in [5.74, 6) is -0.781.